The molecule has 0 fully saturated rings. The van der Waals surface area contributed by atoms with E-state index in [1.165, 1.54) is 32.4 Å². The van der Waals surface area contributed by atoms with Gasteiger partial charge in [0.2, 0.25) is 10.0 Å². The molecule has 0 aliphatic carbocycles. The van der Waals surface area contributed by atoms with Crippen LogP contribution in [0.2, 0.25) is 25.7 Å². The Hall–Kier alpha value is -1.62. The fraction of sp³-hybridized carbons (Fsp3) is 0.632. The molecule has 1 aromatic rings. The second-order valence-electron chi connectivity index (χ2n) is 8.94. The number of carbonyl (C=O) groups is 1. The van der Waals surface area contributed by atoms with Gasteiger partial charge >= 0.3 is 6.09 Å². The number of nitrogens with one attached hydrogen (secondary N) is 1. The summed E-state index contributed by atoms with van der Waals surface area (Å²) in [5, 5.41) is 2.54. The lowest BCUT2D eigenvalue weighted by molar-refractivity contribution is 0.0635. The van der Waals surface area contributed by atoms with Crippen LogP contribution in [0.3, 0.4) is 0 Å². The fourth-order valence-electron chi connectivity index (χ4n) is 2.18. The average molecular weight is 447 g/mol. The SMILES string of the molecule is COc1ccc(S(=O)(=O)N(C)COCC[Si](C)(C)C)cc1NC(=O)OC(C)(C)C. The summed E-state index contributed by atoms with van der Waals surface area (Å²) in [5.41, 5.74) is -0.482. The van der Waals surface area contributed by atoms with Crippen LogP contribution in [0.5, 0.6) is 5.75 Å². The first-order valence-corrected chi connectivity index (χ1v) is 14.5. The summed E-state index contributed by atoms with van der Waals surface area (Å²) in [6.07, 6.45) is -0.701. The van der Waals surface area contributed by atoms with Crippen molar-refractivity contribution in [1.29, 1.82) is 0 Å². The Morgan fingerprint density at radius 1 is 1.21 bits per heavy atom. The topological polar surface area (TPSA) is 94.2 Å². The highest BCUT2D eigenvalue weighted by Crippen LogP contribution is 2.29. The van der Waals surface area contributed by atoms with Gasteiger partial charge in [0.1, 0.15) is 18.1 Å². The Kier molecular flexibility index (Phi) is 8.69. The Balaban J connectivity index is 2.94. The molecule has 0 aliphatic rings. The molecular formula is C19H34N2O6SSi. The van der Waals surface area contributed by atoms with Crippen LogP contribution in [0.4, 0.5) is 10.5 Å². The molecule has 0 radical (unpaired) electrons. The summed E-state index contributed by atoms with van der Waals surface area (Å²) in [4.78, 5) is 12.1. The van der Waals surface area contributed by atoms with Crippen molar-refractivity contribution in [3.63, 3.8) is 0 Å². The second-order valence-corrected chi connectivity index (χ2v) is 16.6. The van der Waals surface area contributed by atoms with E-state index in [0.717, 1.165) is 10.3 Å². The van der Waals surface area contributed by atoms with Crippen LogP contribution in [-0.4, -0.2) is 60.0 Å². The van der Waals surface area contributed by atoms with E-state index in [1.807, 2.05) is 0 Å². The van der Waals surface area contributed by atoms with Crippen LogP contribution in [-0.2, 0) is 19.5 Å². The van der Waals surface area contributed by atoms with Gasteiger partial charge in [0.15, 0.2) is 0 Å². The van der Waals surface area contributed by atoms with E-state index < -0.39 is 29.8 Å². The van der Waals surface area contributed by atoms with E-state index in [-0.39, 0.29) is 17.3 Å². The van der Waals surface area contributed by atoms with Crippen molar-refractivity contribution >= 4 is 29.9 Å². The minimum absolute atomic E-state index is 0.0145. The van der Waals surface area contributed by atoms with Crippen LogP contribution in [0.15, 0.2) is 23.1 Å². The molecule has 10 heteroatoms. The maximum Gasteiger partial charge on any atom is 0.412 e. The highest BCUT2D eigenvalue weighted by atomic mass is 32.2. The van der Waals surface area contributed by atoms with Crippen LogP contribution in [0.1, 0.15) is 20.8 Å². The molecule has 29 heavy (non-hydrogen) atoms. The molecule has 0 aromatic heterocycles. The van der Waals surface area contributed by atoms with Gasteiger partial charge in [0.25, 0.3) is 0 Å². The number of rotatable bonds is 9. The summed E-state index contributed by atoms with van der Waals surface area (Å²) in [6.45, 7) is 12.4. The van der Waals surface area contributed by atoms with Crippen molar-refractivity contribution in [2.45, 2.75) is 57.0 Å². The first-order valence-electron chi connectivity index (χ1n) is 9.38. The van der Waals surface area contributed by atoms with E-state index in [2.05, 4.69) is 25.0 Å². The monoisotopic (exact) mass is 446 g/mol. The minimum atomic E-state index is -3.80. The van der Waals surface area contributed by atoms with Crippen LogP contribution in [0.25, 0.3) is 0 Å². The van der Waals surface area contributed by atoms with E-state index in [9.17, 15) is 13.2 Å². The largest absolute Gasteiger partial charge is 0.495 e. The molecule has 0 heterocycles. The smallest absolute Gasteiger partial charge is 0.412 e. The molecule has 0 unspecified atom stereocenters. The predicted molar refractivity (Wildman–Crippen MR) is 117 cm³/mol. The number of carbonyl (C=O) groups excluding carboxylic acids is 1. The maximum atomic E-state index is 12.9. The maximum absolute atomic E-state index is 12.9. The third-order valence-corrected chi connectivity index (χ3v) is 7.26. The van der Waals surface area contributed by atoms with Crippen LogP contribution < -0.4 is 10.1 Å². The van der Waals surface area contributed by atoms with E-state index in [0.29, 0.717) is 12.4 Å². The highest BCUT2D eigenvalue weighted by molar-refractivity contribution is 7.89. The molecule has 166 valence electrons. The number of sulfonamides is 1. The van der Waals surface area contributed by atoms with Crippen molar-refractivity contribution < 1.29 is 27.4 Å². The molecule has 0 saturated carbocycles. The third-order valence-electron chi connectivity index (χ3n) is 3.78. The zero-order valence-electron chi connectivity index (χ0n) is 18.7. The van der Waals surface area contributed by atoms with E-state index in [1.54, 1.807) is 20.8 Å². The predicted octanol–water partition coefficient (Wildman–Crippen LogP) is 3.98. The molecule has 1 aromatic carbocycles. The summed E-state index contributed by atoms with van der Waals surface area (Å²) >= 11 is 0. The zero-order valence-corrected chi connectivity index (χ0v) is 20.5. The highest BCUT2D eigenvalue weighted by Gasteiger charge is 2.24. The number of hydrogen-bond donors (Lipinski definition) is 1. The molecule has 0 atom stereocenters. The van der Waals surface area contributed by atoms with Gasteiger partial charge < -0.3 is 14.2 Å². The number of hydrogen-bond acceptors (Lipinski definition) is 6. The second kappa shape index (κ2) is 9.92. The molecule has 0 bridgehead atoms. The number of nitrogens with zero attached hydrogens (tertiary/aromatic N) is 1. The first kappa shape index (κ1) is 25.4. The van der Waals surface area contributed by atoms with Gasteiger partial charge in [-0.25, -0.2) is 13.2 Å². The number of methoxy groups -OCH3 is 1. The lowest BCUT2D eigenvalue weighted by Crippen LogP contribution is -2.31. The summed E-state index contributed by atoms with van der Waals surface area (Å²) < 4.78 is 42.8. The Labute approximate surface area is 175 Å². The molecule has 1 rings (SSSR count). The van der Waals surface area contributed by atoms with Gasteiger partial charge in [0, 0.05) is 21.7 Å². The molecule has 8 nitrogen and oxygen atoms in total. The Morgan fingerprint density at radius 2 is 1.83 bits per heavy atom. The van der Waals surface area contributed by atoms with E-state index in [4.69, 9.17) is 14.2 Å². The number of anilines is 1. The minimum Gasteiger partial charge on any atom is -0.495 e. The quantitative estimate of drug-likeness (QED) is 0.350. The lowest BCUT2D eigenvalue weighted by atomic mass is 10.2. The normalized spacial score (nSPS) is 12.7. The Bertz CT molecular complexity index is 800. The number of ether oxygens (including phenoxy) is 3. The van der Waals surface area contributed by atoms with Crippen molar-refractivity contribution in [2.75, 3.05) is 32.8 Å². The zero-order chi connectivity index (χ0) is 22.5. The number of amides is 1. The van der Waals surface area contributed by atoms with Gasteiger partial charge in [-0.15, -0.1) is 0 Å². The molecular weight excluding hydrogens is 412 g/mol. The molecule has 0 saturated heterocycles. The molecule has 0 spiro atoms. The van der Waals surface area contributed by atoms with Gasteiger partial charge in [-0.05, 0) is 45.0 Å². The van der Waals surface area contributed by atoms with Crippen molar-refractivity contribution in [3.05, 3.63) is 18.2 Å². The number of benzene rings is 1. The molecule has 1 amide bonds. The van der Waals surface area contributed by atoms with Gasteiger partial charge in [-0.3, -0.25) is 5.32 Å². The summed E-state index contributed by atoms with van der Waals surface area (Å²) in [6, 6.07) is 5.20. The standard InChI is InChI=1S/C19H34N2O6SSi/c1-19(2,3)27-18(22)20-16-13-15(9-10-17(16)25-5)28(23,24)21(4)14-26-11-12-29(6,7)8/h9-10,13H,11-12,14H2,1-8H3,(H,20,22). The molecule has 1 N–H and O–H groups in total. The Morgan fingerprint density at radius 3 is 2.34 bits per heavy atom. The molecule has 0 aliphatic heterocycles. The van der Waals surface area contributed by atoms with Gasteiger partial charge in [-0.2, -0.15) is 4.31 Å². The van der Waals surface area contributed by atoms with Crippen molar-refractivity contribution in [3.8, 4) is 5.75 Å². The third kappa shape index (κ3) is 8.73. The lowest BCUT2D eigenvalue weighted by Gasteiger charge is -2.21. The first-order chi connectivity index (χ1) is 13.2. The summed E-state index contributed by atoms with van der Waals surface area (Å²) in [7, 11) is -2.16. The van der Waals surface area contributed by atoms with Gasteiger partial charge in [0.05, 0.1) is 17.7 Å². The van der Waals surface area contributed by atoms with Crippen molar-refractivity contribution in [2.24, 2.45) is 0 Å². The summed E-state index contributed by atoms with van der Waals surface area (Å²) in [5.74, 6) is 0.323. The van der Waals surface area contributed by atoms with Crippen molar-refractivity contribution in [1.82, 2.24) is 4.31 Å². The van der Waals surface area contributed by atoms with Crippen LogP contribution >= 0.6 is 0 Å². The van der Waals surface area contributed by atoms with Crippen LogP contribution in [0, 0.1) is 0 Å². The van der Waals surface area contributed by atoms with E-state index >= 15 is 0 Å². The van der Waals surface area contributed by atoms with Gasteiger partial charge in [-0.1, -0.05) is 19.6 Å². The average Bonchev–Trinajstić information content (AvgIpc) is 2.55. The fourth-order valence-corrected chi connectivity index (χ4v) is 4.02.